The number of ether oxygens (including phenoxy) is 2. The van der Waals surface area contributed by atoms with Crippen LogP contribution in [-0.2, 0) is 15.8 Å². The maximum Gasteiger partial charge on any atom is 0.387 e. The monoisotopic (exact) mass is 451 g/mol. The number of rotatable bonds is 5. The summed E-state index contributed by atoms with van der Waals surface area (Å²) >= 11 is 6.10. The lowest BCUT2D eigenvalue weighted by atomic mass is 9.88. The molecular weight excluding hydrogens is 436 g/mol. The van der Waals surface area contributed by atoms with Crippen molar-refractivity contribution in [3.8, 4) is 22.6 Å². The Kier molecular flexibility index (Phi) is 5.40. The van der Waals surface area contributed by atoms with Crippen LogP contribution in [0.5, 0.6) is 11.5 Å². The molecule has 1 heterocycles. The molecule has 0 amide bonds. The zero-order valence-corrected chi connectivity index (χ0v) is 17.0. The number of benzene rings is 3. The summed E-state index contributed by atoms with van der Waals surface area (Å²) in [7, 11) is -3.76. The molecule has 0 saturated heterocycles. The van der Waals surface area contributed by atoms with Gasteiger partial charge in [0, 0.05) is 10.6 Å². The van der Waals surface area contributed by atoms with E-state index in [4.69, 9.17) is 21.5 Å². The van der Waals surface area contributed by atoms with Crippen LogP contribution in [0.2, 0.25) is 5.02 Å². The highest BCUT2D eigenvalue weighted by molar-refractivity contribution is 7.88. The molecule has 30 heavy (non-hydrogen) atoms. The molecule has 0 fully saturated rings. The zero-order chi connectivity index (χ0) is 21.5. The van der Waals surface area contributed by atoms with E-state index < -0.39 is 22.7 Å². The van der Waals surface area contributed by atoms with Crippen molar-refractivity contribution in [2.45, 2.75) is 18.5 Å². The van der Waals surface area contributed by atoms with Crippen molar-refractivity contribution >= 4 is 21.6 Å². The molecule has 4 rings (SSSR count). The fourth-order valence-electron chi connectivity index (χ4n) is 3.55. The van der Waals surface area contributed by atoms with Crippen molar-refractivity contribution in [2.24, 2.45) is 5.14 Å². The molecule has 156 valence electrons. The quantitative estimate of drug-likeness (QED) is 0.599. The number of nitrogens with two attached hydrogens (primary N) is 1. The zero-order valence-electron chi connectivity index (χ0n) is 15.4. The smallest absolute Gasteiger partial charge is 0.387 e. The van der Waals surface area contributed by atoms with E-state index in [2.05, 4.69) is 4.74 Å². The van der Waals surface area contributed by atoms with Gasteiger partial charge in [-0.05, 0) is 28.8 Å². The van der Waals surface area contributed by atoms with Crippen LogP contribution in [0.3, 0.4) is 0 Å². The molecule has 1 aliphatic rings. The second-order valence-electron chi connectivity index (χ2n) is 6.79. The lowest BCUT2D eigenvalue weighted by molar-refractivity contribution is -0.0496. The maximum atomic E-state index is 13.0. The minimum absolute atomic E-state index is 0.126. The maximum absolute atomic E-state index is 13.0. The Morgan fingerprint density at radius 1 is 1.10 bits per heavy atom. The van der Waals surface area contributed by atoms with Crippen LogP contribution in [0.25, 0.3) is 11.1 Å². The fraction of sp³-hybridized carbons (Fsp3) is 0.143. The van der Waals surface area contributed by atoms with Crippen LogP contribution in [0.1, 0.15) is 22.8 Å². The summed E-state index contributed by atoms with van der Waals surface area (Å²) in [5.41, 5.74) is 2.76. The van der Waals surface area contributed by atoms with E-state index in [1.165, 1.54) is 12.1 Å². The van der Waals surface area contributed by atoms with Gasteiger partial charge >= 0.3 is 6.61 Å². The van der Waals surface area contributed by atoms with Crippen molar-refractivity contribution in [3.63, 3.8) is 0 Å². The van der Waals surface area contributed by atoms with Crippen LogP contribution in [0.15, 0.2) is 60.7 Å². The number of hydrogen-bond acceptors (Lipinski definition) is 4. The van der Waals surface area contributed by atoms with Gasteiger partial charge in [-0.15, -0.1) is 0 Å². The first-order chi connectivity index (χ1) is 14.2. The highest BCUT2D eigenvalue weighted by Gasteiger charge is 2.31. The predicted octanol–water partition coefficient (Wildman–Crippen LogP) is 4.88. The number of fused-ring (bicyclic) bond motifs is 3. The van der Waals surface area contributed by atoms with Gasteiger partial charge in [0.1, 0.15) is 17.6 Å². The molecule has 1 atom stereocenters. The number of halogens is 3. The van der Waals surface area contributed by atoms with Gasteiger partial charge < -0.3 is 9.47 Å². The lowest BCUT2D eigenvalue weighted by Gasteiger charge is -2.31. The number of hydrogen-bond donors (Lipinski definition) is 1. The minimum atomic E-state index is -3.76. The van der Waals surface area contributed by atoms with Gasteiger partial charge in [-0.25, -0.2) is 13.6 Å². The summed E-state index contributed by atoms with van der Waals surface area (Å²) in [5.74, 6) is -0.200. The molecule has 0 aliphatic carbocycles. The molecule has 1 unspecified atom stereocenters. The number of sulfonamides is 1. The Labute approximate surface area is 177 Å². The summed E-state index contributed by atoms with van der Waals surface area (Å²) in [5, 5.41) is 5.37. The van der Waals surface area contributed by atoms with Gasteiger partial charge in [-0.3, -0.25) is 0 Å². The van der Waals surface area contributed by atoms with E-state index in [-0.39, 0.29) is 16.5 Å². The van der Waals surface area contributed by atoms with Crippen molar-refractivity contribution in [1.29, 1.82) is 0 Å². The summed E-state index contributed by atoms with van der Waals surface area (Å²) < 4.78 is 60.0. The second kappa shape index (κ2) is 7.86. The van der Waals surface area contributed by atoms with E-state index >= 15 is 0 Å². The van der Waals surface area contributed by atoms with Crippen LogP contribution in [0.4, 0.5) is 8.78 Å². The molecule has 5 nitrogen and oxygen atoms in total. The first kappa shape index (κ1) is 20.6. The van der Waals surface area contributed by atoms with Crippen LogP contribution < -0.4 is 14.6 Å². The highest BCUT2D eigenvalue weighted by Crippen LogP contribution is 2.50. The Balaban J connectivity index is 1.94. The van der Waals surface area contributed by atoms with Crippen molar-refractivity contribution in [3.05, 3.63) is 82.4 Å². The SMILES string of the molecule is NS(=O)(=O)Cc1ccc2c(c1)C(c1ccccc1)Oc1cc(Cl)cc(OC(F)F)c1-2. The van der Waals surface area contributed by atoms with E-state index in [1.807, 2.05) is 30.3 Å². The van der Waals surface area contributed by atoms with Gasteiger partial charge in [-0.2, -0.15) is 8.78 Å². The van der Waals surface area contributed by atoms with Crippen LogP contribution in [0, 0.1) is 0 Å². The van der Waals surface area contributed by atoms with Crippen LogP contribution in [-0.4, -0.2) is 15.0 Å². The molecule has 3 aromatic rings. The Bertz CT molecular complexity index is 1200. The minimum Gasteiger partial charge on any atom is -0.480 e. The number of alkyl halides is 2. The Hall–Kier alpha value is -2.68. The van der Waals surface area contributed by atoms with Crippen molar-refractivity contribution in [1.82, 2.24) is 0 Å². The van der Waals surface area contributed by atoms with Gasteiger partial charge in [0.25, 0.3) is 0 Å². The van der Waals surface area contributed by atoms with Crippen molar-refractivity contribution in [2.75, 3.05) is 0 Å². The van der Waals surface area contributed by atoms with E-state index in [0.717, 1.165) is 5.56 Å². The topological polar surface area (TPSA) is 78.6 Å². The van der Waals surface area contributed by atoms with Crippen LogP contribution >= 0.6 is 11.6 Å². The highest BCUT2D eigenvalue weighted by atomic mass is 35.5. The third-order valence-corrected chi connectivity index (χ3v) is 5.58. The molecule has 3 aromatic carbocycles. The molecule has 0 aromatic heterocycles. The molecule has 9 heteroatoms. The summed E-state index contributed by atoms with van der Waals surface area (Å²) in [4.78, 5) is 0. The molecule has 1 aliphatic heterocycles. The largest absolute Gasteiger partial charge is 0.480 e. The number of primary sulfonamides is 1. The third-order valence-electron chi connectivity index (χ3n) is 4.63. The Morgan fingerprint density at radius 2 is 1.83 bits per heavy atom. The predicted molar refractivity (Wildman–Crippen MR) is 109 cm³/mol. The first-order valence-electron chi connectivity index (χ1n) is 8.85. The fourth-order valence-corrected chi connectivity index (χ4v) is 4.39. The van der Waals surface area contributed by atoms with E-state index in [0.29, 0.717) is 28.0 Å². The Morgan fingerprint density at radius 3 is 2.50 bits per heavy atom. The standard InChI is InChI=1S/C21H16ClF2NO4S/c22-14-9-17-19(18(10-14)29-21(23)24)15-7-6-12(11-30(25,26)27)8-16(15)20(28-17)13-4-2-1-3-5-13/h1-10,20-21H,11H2,(H2,25,26,27). The average molecular weight is 452 g/mol. The summed E-state index contributed by atoms with van der Waals surface area (Å²) in [6.07, 6.45) is -0.605. The summed E-state index contributed by atoms with van der Waals surface area (Å²) in [6, 6.07) is 17.0. The van der Waals surface area contributed by atoms with E-state index in [1.54, 1.807) is 18.2 Å². The molecule has 0 saturated carbocycles. The molecule has 0 radical (unpaired) electrons. The van der Waals surface area contributed by atoms with Gasteiger partial charge in [0.2, 0.25) is 10.0 Å². The van der Waals surface area contributed by atoms with Gasteiger partial charge in [0.05, 0.1) is 11.3 Å². The normalized spacial score (nSPS) is 15.3. The molecule has 0 spiro atoms. The average Bonchev–Trinajstić information content (AvgIpc) is 2.66. The lowest BCUT2D eigenvalue weighted by Crippen LogP contribution is -2.18. The second-order valence-corrected chi connectivity index (χ2v) is 8.84. The van der Waals surface area contributed by atoms with Gasteiger partial charge in [0.15, 0.2) is 0 Å². The summed E-state index contributed by atoms with van der Waals surface area (Å²) in [6.45, 7) is -3.05. The molecule has 2 N–H and O–H groups in total. The van der Waals surface area contributed by atoms with Crippen molar-refractivity contribution < 1.29 is 26.7 Å². The molecule has 0 bridgehead atoms. The molecular formula is C21H16ClF2NO4S. The third kappa shape index (κ3) is 4.26. The van der Waals surface area contributed by atoms with E-state index in [9.17, 15) is 17.2 Å². The van der Waals surface area contributed by atoms with Gasteiger partial charge in [-0.1, -0.05) is 60.1 Å². The first-order valence-corrected chi connectivity index (χ1v) is 10.9.